The Kier molecular flexibility index (Phi) is 5.76. The number of aromatic nitrogens is 1. The van der Waals surface area contributed by atoms with Gasteiger partial charge in [0.2, 0.25) is 11.5 Å². The molecule has 1 amide bonds. The highest BCUT2D eigenvalue weighted by Crippen LogP contribution is 2.31. The van der Waals surface area contributed by atoms with Gasteiger partial charge in [0.25, 0.3) is 0 Å². The number of piperidine rings is 1. The summed E-state index contributed by atoms with van der Waals surface area (Å²) in [7, 11) is 0. The van der Waals surface area contributed by atoms with E-state index in [0.29, 0.717) is 12.6 Å². The van der Waals surface area contributed by atoms with Gasteiger partial charge in [-0.25, -0.2) is 0 Å². The van der Waals surface area contributed by atoms with Gasteiger partial charge >= 0.3 is 0 Å². The van der Waals surface area contributed by atoms with E-state index in [9.17, 15) is 9.59 Å². The third-order valence-corrected chi connectivity index (χ3v) is 6.04. The molecule has 2 aromatic carbocycles. The van der Waals surface area contributed by atoms with Crippen molar-refractivity contribution in [2.24, 2.45) is 5.92 Å². The van der Waals surface area contributed by atoms with E-state index in [0.717, 1.165) is 31.5 Å². The van der Waals surface area contributed by atoms with Crippen molar-refractivity contribution >= 4 is 16.7 Å². The topological polar surface area (TPSA) is 65.2 Å². The van der Waals surface area contributed by atoms with Crippen LogP contribution in [0.5, 0.6) is 0 Å². The Morgan fingerprint density at radius 1 is 1.10 bits per heavy atom. The van der Waals surface area contributed by atoms with Crippen LogP contribution in [0.25, 0.3) is 10.8 Å². The van der Waals surface area contributed by atoms with E-state index < -0.39 is 0 Å². The summed E-state index contributed by atoms with van der Waals surface area (Å²) in [5.41, 5.74) is 2.12. The number of likely N-dealkylation sites (tertiary alicyclic amines) is 1. The fourth-order valence-electron chi connectivity index (χ4n) is 4.25. The monoisotopic (exact) mass is 389 g/mol. The van der Waals surface area contributed by atoms with Gasteiger partial charge in [-0.15, -0.1) is 0 Å². The first-order valence-electron chi connectivity index (χ1n) is 10.3. The molecule has 0 bridgehead atoms. The van der Waals surface area contributed by atoms with E-state index in [1.165, 1.54) is 22.4 Å². The van der Waals surface area contributed by atoms with Gasteiger partial charge < -0.3 is 10.3 Å². The molecule has 0 aliphatic carbocycles. The van der Waals surface area contributed by atoms with Gasteiger partial charge in [0, 0.05) is 30.8 Å². The second-order valence-electron chi connectivity index (χ2n) is 7.83. The SMILES string of the molecule is CC(c1cccc2ccccc12)N1CCC(C(=O)NCc2ccc(=O)[nH]c2)CC1. The molecule has 1 saturated heterocycles. The molecular weight excluding hydrogens is 362 g/mol. The minimum Gasteiger partial charge on any atom is -0.352 e. The number of H-pyrrole nitrogens is 1. The maximum Gasteiger partial charge on any atom is 0.247 e. The first-order valence-corrected chi connectivity index (χ1v) is 10.3. The van der Waals surface area contributed by atoms with E-state index in [2.05, 4.69) is 64.6 Å². The molecule has 2 N–H and O–H groups in total. The molecule has 29 heavy (non-hydrogen) atoms. The summed E-state index contributed by atoms with van der Waals surface area (Å²) in [6.07, 6.45) is 3.39. The number of aromatic amines is 1. The number of hydrogen-bond acceptors (Lipinski definition) is 3. The highest BCUT2D eigenvalue weighted by Gasteiger charge is 2.28. The zero-order chi connectivity index (χ0) is 20.2. The molecule has 2 heterocycles. The molecule has 4 rings (SSSR count). The number of nitrogens with zero attached hydrogens (tertiary/aromatic N) is 1. The van der Waals surface area contributed by atoms with Gasteiger partial charge in [0.1, 0.15) is 0 Å². The third kappa shape index (κ3) is 4.40. The molecule has 0 radical (unpaired) electrons. The van der Waals surface area contributed by atoms with Gasteiger partial charge in [-0.3, -0.25) is 14.5 Å². The number of fused-ring (bicyclic) bond motifs is 1. The highest BCUT2D eigenvalue weighted by atomic mass is 16.2. The van der Waals surface area contributed by atoms with Crippen molar-refractivity contribution in [2.45, 2.75) is 32.4 Å². The lowest BCUT2D eigenvalue weighted by atomic mass is 9.92. The van der Waals surface area contributed by atoms with E-state index >= 15 is 0 Å². The van der Waals surface area contributed by atoms with Crippen LogP contribution in [-0.2, 0) is 11.3 Å². The van der Waals surface area contributed by atoms with Crippen LogP contribution < -0.4 is 10.9 Å². The summed E-state index contributed by atoms with van der Waals surface area (Å²) < 4.78 is 0. The summed E-state index contributed by atoms with van der Waals surface area (Å²) in [5.74, 6) is 0.155. The summed E-state index contributed by atoms with van der Waals surface area (Å²) in [6, 6.07) is 18.6. The molecule has 1 fully saturated rings. The molecule has 1 aromatic heterocycles. The Hall–Kier alpha value is -2.92. The molecular formula is C24H27N3O2. The molecule has 1 unspecified atom stereocenters. The van der Waals surface area contributed by atoms with Crippen molar-refractivity contribution in [3.63, 3.8) is 0 Å². The van der Waals surface area contributed by atoms with Crippen molar-refractivity contribution < 1.29 is 4.79 Å². The fraction of sp³-hybridized carbons (Fsp3) is 0.333. The normalized spacial score (nSPS) is 16.6. The van der Waals surface area contributed by atoms with E-state index in [1.807, 2.05) is 0 Å². The Bertz CT molecular complexity index is 1030. The van der Waals surface area contributed by atoms with Gasteiger partial charge in [0.05, 0.1) is 0 Å². The predicted octanol–water partition coefficient (Wildman–Crippen LogP) is 3.62. The van der Waals surface area contributed by atoms with Crippen LogP contribution in [0, 0.1) is 5.92 Å². The quantitative estimate of drug-likeness (QED) is 0.701. The van der Waals surface area contributed by atoms with Gasteiger partial charge in [-0.2, -0.15) is 0 Å². The Morgan fingerprint density at radius 2 is 1.86 bits per heavy atom. The second kappa shape index (κ2) is 8.62. The number of nitrogens with one attached hydrogen (secondary N) is 2. The minimum absolute atomic E-state index is 0.0497. The van der Waals surface area contributed by atoms with Gasteiger partial charge in [-0.05, 0) is 54.8 Å². The van der Waals surface area contributed by atoms with Crippen LogP contribution >= 0.6 is 0 Å². The van der Waals surface area contributed by atoms with Crippen LogP contribution in [0.2, 0.25) is 0 Å². The average Bonchev–Trinajstić information content (AvgIpc) is 2.78. The maximum atomic E-state index is 12.6. The number of rotatable bonds is 5. The Labute approximate surface area is 170 Å². The Morgan fingerprint density at radius 3 is 2.62 bits per heavy atom. The van der Waals surface area contributed by atoms with Gasteiger partial charge in [-0.1, -0.05) is 48.5 Å². The smallest absolute Gasteiger partial charge is 0.247 e. The molecule has 3 aromatic rings. The summed E-state index contributed by atoms with van der Waals surface area (Å²) in [5, 5.41) is 5.59. The number of benzene rings is 2. The fourth-order valence-corrected chi connectivity index (χ4v) is 4.25. The van der Waals surface area contributed by atoms with Crippen molar-refractivity contribution in [3.8, 4) is 0 Å². The largest absolute Gasteiger partial charge is 0.352 e. The molecule has 5 nitrogen and oxygen atoms in total. The first kappa shape index (κ1) is 19.4. The predicted molar refractivity (Wildman–Crippen MR) is 116 cm³/mol. The minimum atomic E-state index is -0.132. The number of carbonyl (C=O) groups excluding carboxylic acids is 1. The molecule has 0 spiro atoms. The van der Waals surface area contributed by atoms with E-state index in [4.69, 9.17) is 0 Å². The second-order valence-corrected chi connectivity index (χ2v) is 7.83. The molecule has 1 atom stereocenters. The standard InChI is InChI=1S/C24H27N3O2/c1-17(21-8-4-6-19-5-2-3-7-22(19)21)27-13-11-20(12-14-27)24(29)26-16-18-9-10-23(28)25-15-18/h2-10,15,17,20H,11-14,16H2,1H3,(H,25,28)(H,26,29). The average molecular weight is 389 g/mol. The van der Waals surface area contributed by atoms with Gasteiger partial charge in [0.15, 0.2) is 0 Å². The zero-order valence-electron chi connectivity index (χ0n) is 16.7. The summed E-state index contributed by atoms with van der Waals surface area (Å²) >= 11 is 0. The van der Waals surface area contributed by atoms with Crippen LogP contribution in [-0.4, -0.2) is 28.9 Å². The lowest BCUT2D eigenvalue weighted by Gasteiger charge is -2.36. The molecule has 1 aliphatic heterocycles. The molecule has 0 saturated carbocycles. The van der Waals surface area contributed by atoms with Crippen molar-refractivity contribution in [3.05, 3.63) is 82.3 Å². The summed E-state index contributed by atoms with van der Waals surface area (Å²) in [4.78, 5) is 28.8. The van der Waals surface area contributed by atoms with Crippen LogP contribution in [0.4, 0.5) is 0 Å². The maximum absolute atomic E-state index is 12.6. The number of amides is 1. The van der Waals surface area contributed by atoms with Crippen LogP contribution in [0.3, 0.4) is 0 Å². The molecule has 5 heteroatoms. The van der Waals surface area contributed by atoms with Crippen molar-refractivity contribution in [1.29, 1.82) is 0 Å². The number of hydrogen-bond donors (Lipinski definition) is 2. The van der Waals surface area contributed by atoms with Crippen molar-refractivity contribution in [2.75, 3.05) is 13.1 Å². The lowest BCUT2D eigenvalue weighted by Crippen LogP contribution is -2.41. The van der Waals surface area contributed by atoms with Crippen LogP contribution in [0.15, 0.2) is 65.6 Å². The zero-order valence-corrected chi connectivity index (χ0v) is 16.7. The lowest BCUT2D eigenvalue weighted by molar-refractivity contribution is -0.126. The Balaban J connectivity index is 1.34. The van der Waals surface area contributed by atoms with E-state index in [1.54, 1.807) is 12.3 Å². The number of pyridine rings is 1. The van der Waals surface area contributed by atoms with E-state index in [-0.39, 0.29) is 17.4 Å². The first-order chi connectivity index (χ1) is 14.1. The number of carbonyl (C=O) groups is 1. The highest BCUT2D eigenvalue weighted by molar-refractivity contribution is 5.86. The van der Waals surface area contributed by atoms with Crippen LogP contribution in [0.1, 0.15) is 36.9 Å². The third-order valence-electron chi connectivity index (χ3n) is 6.04. The van der Waals surface area contributed by atoms with Crippen molar-refractivity contribution in [1.82, 2.24) is 15.2 Å². The molecule has 1 aliphatic rings. The summed E-state index contributed by atoms with van der Waals surface area (Å²) in [6.45, 7) is 4.54. The molecule has 150 valence electrons.